The van der Waals surface area contributed by atoms with Gasteiger partial charge in [0.1, 0.15) is 0 Å². The average molecular weight is 412 g/mol. The summed E-state index contributed by atoms with van der Waals surface area (Å²) in [5, 5.41) is 7.44. The van der Waals surface area contributed by atoms with Crippen molar-refractivity contribution in [2.45, 2.75) is 26.9 Å². The van der Waals surface area contributed by atoms with Crippen molar-refractivity contribution in [2.24, 2.45) is 0 Å². The van der Waals surface area contributed by atoms with Crippen molar-refractivity contribution in [3.8, 4) is 11.1 Å². The van der Waals surface area contributed by atoms with Crippen LogP contribution in [0.2, 0.25) is 0 Å². The molecule has 0 spiro atoms. The van der Waals surface area contributed by atoms with Gasteiger partial charge in [0.15, 0.2) is 5.69 Å². The van der Waals surface area contributed by atoms with Gasteiger partial charge in [0, 0.05) is 29.6 Å². The highest BCUT2D eigenvalue weighted by Gasteiger charge is 2.19. The van der Waals surface area contributed by atoms with Crippen LogP contribution < -0.4 is 10.9 Å². The van der Waals surface area contributed by atoms with Crippen LogP contribution in [0.5, 0.6) is 0 Å². The lowest BCUT2D eigenvalue weighted by Crippen LogP contribution is -2.28. The zero-order valence-corrected chi connectivity index (χ0v) is 17.6. The molecule has 2 aromatic heterocycles. The Balaban J connectivity index is 1.63. The summed E-state index contributed by atoms with van der Waals surface area (Å²) in [5.41, 5.74) is 5.10. The van der Waals surface area contributed by atoms with E-state index in [1.165, 1.54) is 0 Å². The van der Waals surface area contributed by atoms with E-state index < -0.39 is 0 Å². The fourth-order valence-electron chi connectivity index (χ4n) is 3.62. The van der Waals surface area contributed by atoms with Crippen molar-refractivity contribution in [1.29, 1.82) is 0 Å². The van der Waals surface area contributed by atoms with Gasteiger partial charge in [0.05, 0.1) is 6.54 Å². The molecule has 0 saturated carbocycles. The molecule has 6 heteroatoms. The normalized spacial score (nSPS) is 10.8. The Morgan fingerprint density at radius 1 is 1.03 bits per heavy atom. The van der Waals surface area contributed by atoms with E-state index in [1.807, 2.05) is 86.8 Å². The molecule has 1 amide bonds. The van der Waals surface area contributed by atoms with Crippen LogP contribution in [0, 0.1) is 13.8 Å². The van der Waals surface area contributed by atoms with Crippen molar-refractivity contribution in [1.82, 2.24) is 20.1 Å². The number of aromatic amines is 1. The molecule has 2 heterocycles. The molecule has 0 radical (unpaired) electrons. The summed E-state index contributed by atoms with van der Waals surface area (Å²) < 4.78 is 1.77. The summed E-state index contributed by atoms with van der Waals surface area (Å²) in [6, 6.07) is 21.6. The predicted molar refractivity (Wildman–Crippen MR) is 121 cm³/mol. The highest BCUT2D eigenvalue weighted by atomic mass is 16.2. The molecule has 4 aromatic rings. The maximum Gasteiger partial charge on any atom is 0.272 e. The molecule has 0 fully saturated rings. The number of amides is 1. The lowest BCUT2D eigenvalue weighted by molar-refractivity contribution is 0.0945. The van der Waals surface area contributed by atoms with Gasteiger partial charge in [-0.25, -0.2) is 0 Å². The average Bonchev–Trinajstić information content (AvgIpc) is 3.18. The molecule has 156 valence electrons. The van der Waals surface area contributed by atoms with Crippen LogP contribution in [0.25, 0.3) is 11.1 Å². The largest absolute Gasteiger partial charge is 0.346 e. The Morgan fingerprint density at radius 3 is 2.39 bits per heavy atom. The quantitative estimate of drug-likeness (QED) is 0.505. The van der Waals surface area contributed by atoms with E-state index in [0.29, 0.717) is 17.8 Å². The van der Waals surface area contributed by atoms with Crippen LogP contribution in [0.15, 0.2) is 77.7 Å². The van der Waals surface area contributed by atoms with E-state index in [4.69, 9.17) is 0 Å². The fraction of sp³-hybridized carbons (Fsp3) is 0.160. The zero-order chi connectivity index (χ0) is 21.8. The molecule has 0 aliphatic heterocycles. The van der Waals surface area contributed by atoms with E-state index in [9.17, 15) is 9.59 Å². The maximum atomic E-state index is 13.1. The Kier molecular flexibility index (Phi) is 5.80. The SMILES string of the molecule is Cc1cc(C)c(CNC(=O)c2nn(Cc3ccccc3)cc2-c2ccccc2)c(=O)[nH]1. The van der Waals surface area contributed by atoms with Crippen LogP contribution in [0.1, 0.15) is 32.9 Å². The molecule has 0 atom stereocenters. The van der Waals surface area contributed by atoms with Crippen LogP contribution in [-0.4, -0.2) is 20.7 Å². The Bertz CT molecular complexity index is 1260. The van der Waals surface area contributed by atoms with Gasteiger partial charge < -0.3 is 10.3 Å². The van der Waals surface area contributed by atoms with Crippen LogP contribution >= 0.6 is 0 Å². The number of nitrogens with one attached hydrogen (secondary N) is 2. The predicted octanol–water partition coefficient (Wildman–Crippen LogP) is 3.83. The van der Waals surface area contributed by atoms with Crippen LogP contribution in [-0.2, 0) is 13.1 Å². The summed E-state index contributed by atoms with van der Waals surface area (Å²) in [5.74, 6) is -0.315. The number of carbonyl (C=O) groups excluding carboxylic acids is 1. The molecular formula is C25H24N4O2. The highest BCUT2D eigenvalue weighted by molar-refractivity contribution is 5.98. The van der Waals surface area contributed by atoms with Crippen LogP contribution in [0.4, 0.5) is 0 Å². The Hall–Kier alpha value is -3.93. The van der Waals surface area contributed by atoms with E-state index in [2.05, 4.69) is 15.4 Å². The first kappa shape index (κ1) is 20.3. The monoisotopic (exact) mass is 412 g/mol. The van der Waals surface area contributed by atoms with Crippen molar-refractivity contribution < 1.29 is 4.79 Å². The lowest BCUT2D eigenvalue weighted by Gasteiger charge is -2.08. The molecule has 2 aromatic carbocycles. The summed E-state index contributed by atoms with van der Waals surface area (Å²) in [4.78, 5) is 28.1. The summed E-state index contributed by atoms with van der Waals surface area (Å²) in [6.07, 6.45) is 1.89. The standard InChI is InChI=1S/C25H24N4O2/c1-17-13-18(2)27-24(30)21(17)14-26-25(31)23-22(20-11-7-4-8-12-20)16-29(28-23)15-19-9-5-3-6-10-19/h3-13,16H,14-15H2,1-2H3,(H,26,31)(H,27,30). The van der Waals surface area contributed by atoms with E-state index in [-0.39, 0.29) is 18.0 Å². The maximum absolute atomic E-state index is 13.1. The van der Waals surface area contributed by atoms with Crippen LogP contribution in [0.3, 0.4) is 0 Å². The first-order valence-electron chi connectivity index (χ1n) is 10.2. The summed E-state index contributed by atoms with van der Waals surface area (Å²) in [6.45, 7) is 4.40. The third-order valence-electron chi connectivity index (χ3n) is 5.17. The minimum atomic E-state index is -0.315. The van der Waals surface area contributed by atoms with Gasteiger partial charge >= 0.3 is 0 Å². The molecule has 0 aliphatic rings. The molecule has 0 unspecified atom stereocenters. The molecule has 6 nitrogen and oxygen atoms in total. The third-order valence-corrected chi connectivity index (χ3v) is 5.17. The second-order valence-corrected chi connectivity index (χ2v) is 7.57. The minimum absolute atomic E-state index is 0.139. The van der Waals surface area contributed by atoms with E-state index in [0.717, 1.165) is 27.9 Å². The molecule has 4 rings (SSSR count). The first-order chi connectivity index (χ1) is 15.0. The zero-order valence-electron chi connectivity index (χ0n) is 17.6. The van der Waals surface area contributed by atoms with Crippen molar-refractivity contribution in [2.75, 3.05) is 0 Å². The van der Waals surface area contributed by atoms with Crippen molar-refractivity contribution in [3.63, 3.8) is 0 Å². The first-order valence-corrected chi connectivity index (χ1v) is 10.2. The number of hydrogen-bond acceptors (Lipinski definition) is 3. The van der Waals surface area contributed by atoms with E-state index >= 15 is 0 Å². The van der Waals surface area contributed by atoms with Gasteiger partial charge in [-0.15, -0.1) is 0 Å². The molecule has 0 saturated heterocycles. The van der Waals surface area contributed by atoms with Gasteiger partial charge in [-0.3, -0.25) is 14.3 Å². The number of nitrogens with zero attached hydrogens (tertiary/aromatic N) is 2. The number of benzene rings is 2. The summed E-state index contributed by atoms with van der Waals surface area (Å²) >= 11 is 0. The Labute approximate surface area is 180 Å². The minimum Gasteiger partial charge on any atom is -0.346 e. The topological polar surface area (TPSA) is 79.8 Å². The number of rotatable bonds is 6. The van der Waals surface area contributed by atoms with Gasteiger partial charge in [-0.05, 0) is 36.6 Å². The number of aromatic nitrogens is 3. The highest BCUT2D eigenvalue weighted by Crippen LogP contribution is 2.23. The number of H-pyrrole nitrogens is 1. The van der Waals surface area contributed by atoms with Crippen molar-refractivity contribution >= 4 is 5.91 Å². The molecule has 2 N–H and O–H groups in total. The number of carbonyl (C=O) groups is 1. The third kappa shape index (κ3) is 4.64. The number of aryl methyl sites for hydroxylation is 2. The smallest absolute Gasteiger partial charge is 0.272 e. The lowest BCUT2D eigenvalue weighted by atomic mass is 10.1. The van der Waals surface area contributed by atoms with Gasteiger partial charge in [0.25, 0.3) is 11.5 Å². The van der Waals surface area contributed by atoms with Gasteiger partial charge in [-0.1, -0.05) is 60.7 Å². The molecule has 0 bridgehead atoms. The fourth-order valence-corrected chi connectivity index (χ4v) is 3.62. The Morgan fingerprint density at radius 2 is 1.71 bits per heavy atom. The molecule has 31 heavy (non-hydrogen) atoms. The second kappa shape index (κ2) is 8.83. The number of hydrogen-bond donors (Lipinski definition) is 2. The van der Waals surface area contributed by atoms with Gasteiger partial charge in [-0.2, -0.15) is 5.10 Å². The number of pyridine rings is 1. The summed E-state index contributed by atoms with van der Waals surface area (Å²) in [7, 11) is 0. The molecular weight excluding hydrogens is 388 g/mol. The van der Waals surface area contributed by atoms with Crippen molar-refractivity contribution in [3.05, 3.63) is 111 Å². The van der Waals surface area contributed by atoms with E-state index in [1.54, 1.807) is 4.68 Å². The van der Waals surface area contributed by atoms with Gasteiger partial charge in [0.2, 0.25) is 0 Å². The second-order valence-electron chi connectivity index (χ2n) is 7.57. The molecule has 0 aliphatic carbocycles.